The number of rotatable bonds is 4. The number of aromatic nitrogens is 1. The molecule has 0 bridgehead atoms. The van der Waals surface area contributed by atoms with Gasteiger partial charge in [-0.15, -0.1) is 0 Å². The van der Waals surface area contributed by atoms with Crippen LogP contribution in [0.4, 0.5) is 5.13 Å². The third-order valence-electron chi connectivity index (χ3n) is 4.71. The summed E-state index contributed by atoms with van der Waals surface area (Å²) in [5.41, 5.74) is 1.39. The van der Waals surface area contributed by atoms with Crippen molar-refractivity contribution in [2.24, 2.45) is 0 Å². The highest BCUT2D eigenvalue weighted by molar-refractivity contribution is 7.15. The van der Waals surface area contributed by atoms with Crippen LogP contribution in [0.15, 0.2) is 0 Å². The molecule has 21 heavy (non-hydrogen) atoms. The standard InChI is InChI=1S/C17H29N3S/c1-2-11-18-14-9-8-10-15-16(14)21-17(19-15)20-12-6-4-3-5-7-13-20/h14,18H,2-13H2,1H3. The molecule has 1 unspecified atom stereocenters. The Morgan fingerprint density at radius 3 is 2.67 bits per heavy atom. The van der Waals surface area contributed by atoms with Crippen molar-refractivity contribution in [3.63, 3.8) is 0 Å². The van der Waals surface area contributed by atoms with Crippen LogP contribution in [0.1, 0.15) is 74.9 Å². The van der Waals surface area contributed by atoms with Crippen molar-refractivity contribution in [2.75, 3.05) is 24.5 Å². The van der Waals surface area contributed by atoms with E-state index in [9.17, 15) is 0 Å². The molecule has 3 nitrogen and oxygen atoms in total. The minimum absolute atomic E-state index is 0.565. The van der Waals surface area contributed by atoms with Gasteiger partial charge in [0, 0.05) is 24.0 Å². The summed E-state index contributed by atoms with van der Waals surface area (Å²) >= 11 is 1.97. The van der Waals surface area contributed by atoms with Crippen molar-refractivity contribution in [1.82, 2.24) is 10.3 Å². The van der Waals surface area contributed by atoms with Crippen molar-refractivity contribution < 1.29 is 0 Å². The fourth-order valence-electron chi connectivity index (χ4n) is 3.49. The van der Waals surface area contributed by atoms with Gasteiger partial charge in [-0.25, -0.2) is 4.98 Å². The second kappa shape index (κ2) is 7.59. The SMILES string of the molecule is CCCNC1CCCc2nc(N3CCCCCCC3)sc21. The van der Waals surface area contributed by atoms with E-state index in [0.717, 1.165) is 6.54 Å². The van der Waals surface area contributed by atoms with Crippen LogP contribution < -0.4 is 10.2 Å². The van der Waals surface area contributed by atoms with E-state index >= 15 is 0 Å². The van der Waals surface area contributed by atoms with Crippen LogP contribution in [0.2, 0.25) is 0 Å². The van der Waals surface area contributed by atoms with Crippen LogP contribution in [0.25, 0.3) is 0 Å². The molecule has 1 aliphatic carbocycles. The highest BCUT2D eigenvalue weighted by Crippen LogP contribution is 2.38. The summed E-state index contributed by atoms with van der Waals surface area (Å²) in [5.74, 6) is 0. The van der Waals surface area contributed by atoms with Gasteiger partial charge >= 0.3 is 0 Å². The first kappa shape index (κ1) is 15.3. The summed E-state index contributed by atoms with van der Waals surface area (Å²) in [6.45, 7) is 5.79. The lowest BCUT2D eigenvalue weighted by atomic mass is 9.98. The number of anilines is 1. The summed E-state index contributed by atoms with van der Waals surface area (Å²) in [6.07, 6.45) is 11.8. The molecule has 4 heteroatoms. The first-order chi connectivity index (χ1) is 10.4. The van der Waals surface area contributed by atoms with Crippen LogP contribution >= 0.6 is 11.3 Å². The van der Waals surface area contributed by atoms with E-state index < -0.39 is 0 Å². The molecule has 1 aliphatic heterocycles. The Morgan fingerprint density at radius 2 is 1.90 bits per heavy atom. The molecular weight excluding hydrogens is 278 g/mol. The molecule has 0 radical (unpaired) electrons. The third-order valence-corrected chi connectivity index (χ3v) is 5.98. The Labute approximate surface area is 133 Å². The Bertz CT molecular complexity index is 435. The molecule has 0 aromatic carbocycles. The topological polar surface area (TPSA) is 28.2 Å². The number of nitrogens with zero attached hydrogens (tertiary/aromatic N) is 2. The van der Waals surface area contributed by atoms with Crippen molar-refractivity contribution in [3.05, 3.63) is 10.6 Å². The molecule has 0 amide bonds. The fraction of sp³-hybridized carbons (Fsp3) is 0.824. The molecule has 3 rings (SSSR count). The van der Waals surface area contributed by atoms with Gasteiger partial charge in [-0.1, -0.05) is 37.5 Å². The number of thiazole rings is 1. The smallest absolute Gasteiger partial charge is 0.185 e. The quantitative estimate of drug-likeness (QED) is 0.899. The predicted octanol–water partition coefficient (Wildman–Crippen LogP) is 4.29. The van der Waals surface area contributed by atoms with Gasteiger partial charge in [0.1, 0.15) is 0 Å². The Kier molecular flexibility index (Phi) is 5.53. The minimum atomic E-state index is 0.565. The second-order valence-electron chi connectivity index (χ2n) is 6.46. The number of hydrogen-bond acceptors (Lipinski definition) is 4. The lowest BCUT2D eigenvalue weighted by molar-refractivity contribution is 0.464. The zero-order chi connectivity index (χ0) is 14.5. The summed E-state index contributed by atoms with van der Waals surface area (Å²) in [7, 11) is 0. The van der Waals surface area contributed by atoms with Crippen LogP contribution in [-0.4, -0.2) is 24.6 Å². The van der Waals surface area contributed by atoms with E-state index in [2.05, 4.69) is 17.1 Å². The monoisotopic (exact) mass is 307 g/mol. The van der Waals surface area contributed by atoms with E-state index in [1.807, 2.05) is 11.3 Å². The largest absolute Gasteiger partial charge is 0.348 e. The molecule has 1 N–H and O–H groups in total. The van der Waals surface area contributed by atoms with Crippen molar-refractivity contribution >= 4 is 16.5 Å². The number of nitrogens with one attached hydrogen (secondary N) is 1. The molecule has 2 aliphatic rings. The minimum Gasteiger partial charge on any atom is -0.348 e. The van der Waals surface area contributed by atoms with Gasteiger partial charge in [-0.2, -0.15) is 0 Å². The van der Waals surface area contributed by atoms with Gasteiger partial charge < -0.3 is 10.2 Å². The molecule has 1 fully saturated rings. The first-order valence-corrected chi connectivity index (χ1v) is 9.68. The average molecular weight is 308 g/mol. The van der Waals surface area contributed by atoms with E-state index in [-0.39, 0.29) is 0 Å². The Hall–Kier alpha value is -0.610. The number of aryl methyl sites for hydroxylation is 1. The highest BCUT2D eigenvalue weighted by atomic mass is 32.1. The van der Waals surface area contributed by atoms with Crippen LogP contribution in [0.5, 0.6) is 0 Å². The molecule has 118 valence electrons. The molecule has 1 aromatic rings. The van der Waals surface area contributed by atoms with Gasteiger partial charge in [0.15, 0.2) is 5.13 Å². The summed E-state index contributed by atoms with van der Waals surface area (Å²) in [5, 5.41) is 5.02. The van der Waals surface area contributed by atoms with Gasteiger partial charge in [-0.3, -0.25) is 0 Å². The van der Waals surface area contributed by atoms with E-state index in [1.54, 1.807) is 0 Å². The van der Waals surface area contributed by atoms with Crippen molar-refractivity contribution in [3.8, 4) is 0 Å². The van der Waals surface area contributed by atoms with Crippen LogP contribution in [0, 0.1) is 0 Å². The maximum absolute atomic E-state index is 5.01. The van der Waals surface area contributed by atoms with Gasteiger partial charge in [-0.05, 0) is 45.1 Å². The molecule has 2 heterocycles. The second-order valence-corrected chi connectivity index (χ2v) is 7.47. The summed E-state index contributed by atoms with van der Waals surface area (Å²) in [4.78, 5) is 9.10. The summed E-state index contributed by atoms with van der Waals surface area (Å²) < 4.78 is 0. The third kappa shape index (κ3) is 3.78. The number of hydrogen-bond donors (Lipinski definition) is 1. The predicted molar refractivity (Wildman–Crippen MR) is 91.4 cm³/mol. The molecule has 1 saturated heterocycles. The van der Waals surface area contributed by atoms with Gasteiger partial charge in [0.2, 0.25) is 0 Å². The molecular formula is C17H29N3S. The van der Waals surface area contributed by atoms with Gasteiger partial charge in [0.05, 0.1) is 5.69 Å². The maximum atomic E-state index is 5.01. The van der Waals surface area contributed by atoms with Crippen molar-refractivity contribution in [2.45, 2.75) is 70.8 Å². The maximum Gasteiger partial charge on any atom is 0.185 e. The zero-order valence-electron chi connectivity index (χ0n) is 13.4. The van der Waals surface area contributed by atoms with Crippen LogP contribution in [-0.2, 0) is 6.42 Å². The highest BCUT2D eigenvalue weighted by Gasteiger charge is 2.25. The first-order valence-electron chi connectivity index (χ1n) is 8.86. The lowest BCUT2D eigenvalue weighted by Crippen LogP contribution is -2.26. The molecule has 0 saturated carbocycles. The van der Waals surface area contributed by atoms with E-state index in [1.165, 1.54) is 86.6 Å². The summed E-state index contributed by atoms with van der Waals surface area (Å²) in [6, 6.07) is 0.565. The van der Waals surface area contributed by atoms with Crippen molar-refractivity contribution in [1.29, 1.82) is 0 Å². The fourth-order valence-corrected chi connectivity index (χ4v) is 4.77. The van der Waals surface area contributed by atoms with E-state index in [0.29, 0.717) is 6.04 Å². The van der Waals surface area contributed by atoms with Crippen LogP contribution in [0.3, 0.4) is 0 Å². The average Bonchev–Trinajstić information content (AvgIpc) is 2.89. The van der Waals surface area contributed by atoms with E-state index in [4.69, 9.17) is 4.98 Å². The number of fused-ring (bicyclic) bond motifs is 1. The zero-order valence-corrected chi connectivity index (χ0v) is 14.2. The Morgan fingerprint density at radius 1 is 1.14 bits per heavy atom. The van der Waals surface area contributed by atoms with Gasteiger partial charge in [0.25, 0.3) is 0 Å². The Balaban J connectivity index is 1.73. The normalized spacial score (nSPS) is 23.5. The lowest BCUT2D eigenvalue weighted by Gasteiger charge is -2.24. The molecule has 1 aromatic heterocycles. The molecule has 1 atom stereocenters. The molecule has 0 spiro atoms.